The third-order valence-electron chi connectivity index (χ3n) is 1.94. The summed E-state index contributed by atoms with van der Waals surface area (Å²) in [7, 11) is 0. The van der Waals surface area contributed by atoms with Crippen LogP contribution in [0, 0.1) is 0 Å². The molecule has 2 aromatic rings. The van der Waals surface area contributed by atoms with Gasteiger partial charge in [0.25, 0.3) is 0 Å². The highest BCUT2D eigenvalue weighted by atomic mass is 35.5. The van der Waals surface area contributed by atoms with Gasteiger partial charge in [-0.2, -0.15) is 0 Å². The molecule has 1 heterocycles. The maximum Gasteiger partial charge on any atom is 0.141 e. The van der Waals surface area contributed by atoms with E-state index in [2.05, 4.69) is 9.59 Å². The van der Waals surface area contributed by atoms with Crippen molar-refractivity contribution >= 4 is 34.9 Å². The average Bonchev–Trinajstić information content (AvgIpc) is 2.73. The summed E-state index contributed by atoms with van der Waals surface area (Å²) in [6.07, 6.45) is 2.04. The molecule has 0 amide bonds. The molecule has 0 aliphatic rings. The van der Waals surface area contributed by atoms with Crippen LogP contribution in [-0.4, -0.2) is 15.8 Å². The van der Waals surface area contributed by atoms with E-state index in [1.807, 2.05) is 30.5 Å². The molecule has 0 fully saturated rings. The lowest BCUT2D eigenvalue weighted by atomic mass is 10.3. The first kappa shape index (κ1) is 11.7. The first-order chi connectivity index (χ1) is 7.79. The number of hydrogen-bond donors (Lipinski definition) is 0. The van der Waals surface area contributed by atoms with Gasteiger partial charge in [-0.05, 0) is 30.5 Å². The number of thioether (sulfide) groups is 1. The quantitative estimate of drug-likeness (QED) is 0.798. The van der Waals surface area contributed by atoms with Crippen molar-refractivity contribution in [3.8, 4) is 5.75 Å². The Hall–Kier alpha value is -0.780. The maximum atomic E-state index is 5.86. The van der Waals surface area contributed by atoms with E-state index in [4.69, 9.17) is 16.3 Å². The summed E-state index contributed by atoms with van der Waals surface area (Å²) in [5, 5.41) is 3.87. The van der Waals surface area contributed by atoms with Crippen molar-refractivity contribution in [3.05, 3.63) is 34.3 Å². The van der Waals surface area contributed by atoms with Crippen LogP contribution in [0.5, 0.6) is 5.75 Å². The number of aromatic nitrogens is 2. The molecule has 2 rings (SSSR count). The van der Waals surface area contributed by atoms with Gasteiger partial charge in [-0.25, -0.2) is 0 Å². The van der Waals surface area contributed by atoms with E-state index in [0.717, 1.165) is 5.75 Å². The van der Waals surface area contributed by atoms with Gasteiger partial charge in [0.2, 0.25) is 0 Å². The van der Waals surface area contributed by atoms with E-state index < -0.39 is 0 Å². The summed E-state index contributed by atoms with van der Waals surface area (Å²) < 4.78 is 9.86. The highest BCUT2D eigenvalue weighted by Gasteiger charge is 2.05. The average molecular weight is 273 g/mol. The second kappa shape index (κ2) is 5.52. The zero-order valence-electron chi connectivity index (χ0n) is 8.51. The molecular weight excluding hydrogens is 264 g/mol. The van der Waals surface area contributed by atoms with Crippen molar-refractivity contribution in [1.29, 1.82) is 0 Å². The van der Waals surface area contributed by atoms with E-state index in [0.29, 0.717) is 16.6 Å². The summed E-state index contributed by atoms with van der Waals surface area (Å²) in [4.78, 5) is 1.21. The van der Waals surface area contributed by atoms with Crippen LogP contribution in [0.25, 0.3) is 0 Å². The minimum absolute atomic E-state index is 0.355. The summed E-state index contributed by atoms with van der Waals surface area (Å²) in [6, 6.07) is 7.89. The van der Waals surface area contributed by atoms with Crippen LogP contribution in [0.4, 0.5) is 0 Å². The van der Waals surface area contributed by atoms with Crippen LogP contribution in [-0.2, 0) is 6.61 Å². The number of ether oxygens (including phenoxy) is 1. The largest absolute Gasteiger partial charge is 0.487 e. The van der Waals surface area contributed by atoms with Crippen LogP contribution in [0.1, 0.15) is 5.69 Å². The maximum absolute atomic E-state index is 5.86. The first-order valence-corrected chi connectivity index (χ1v) is 6.91. The fourth-order valence-electron chi connectivity index (χ4n) is 1.11. The van der Waals surface area contributed by atoms with E-state index in [9.17, 15) is 0 Å². The van der Waals surface area contributed by atoms with Crippen LogP contribution in [0.2, 0.25) is 4.34 Å². The number of halogens is 1. The molecule has 1 aromatic carbocycles. The molecule has 0 spiro atoms. The SMILES string of the molecule is CSc1ccc(OCc2nnsc2Cl)cc1. The monoisotopic (exact) mass is 272 g/mol. The third-order valence-corrected chi connectivity index (χ3v) is 3.67. The molecule has 0 saturated carbocycles. The van der Waals surface area contributed by atoms with Crippen molar-refractivity contribution in [3.63, 3.8) is 0 Å². The van der Waals surface area contributed by atoms with Gasteiger partial charge >= 0.3 is 0 Å². The topological polar surface area (TPSA) is 35.0 Å². The lowest BCUT2D eigenvalue weighted by Crippen LogP contribution is -1.96. The third kappa shape index (κ3) is 2.87. The first-order valence-electron chi connectivity index (χ1n) is 4.53. The van der Waals surface area contributed by atoms with E-state index in [-0.39, 0.29) is 0 Å². The molecule has 84 valence electrons. The Bertz CT molecular complexity index is 458. The molecule has 0 atom stereocenters. The Balaban J connectivity index is 1.97. The molecule has 0 N–H and O–H groups in total. The molecule has 1 aromatic heterocycles. The minimum Gasteiger partial charge on any atom is -0.487 e. The van der Waals surface area contributed by atoms with Crippen LogP contribution in [0.15, 0.2) is 29.2 Å². The summed E-state index contributed by atoms with van der Waals surface area (Å²) in [6.45, 7) is 0.355. The lowest BCUT2D eigenvalue weighted by Gasteiger charge is -2.04. The van der Waals surface area contributed by atoms with Gasteiger partial charge in [0.15, 0.2) is 0 Å². The minimum atomic E-state index is 0.355. The van der Waals surface area contributed by atoms with Gasteiger partial charge in [0.05, 0.1) is 0 Å². The van der Waals surface area contributed by atoms with Crippen LogP contribution < -0.4 is 4.74 Å². The highest BCUT2D eigenvalue weighted by Crippen LogP contribution is 2.22. The molecule has 3 nitrogen and oxygen atoms in total. The molecule has 6 heteroatoms. The molecule has 0 aliphatic carbocycles. The Labute approximate surface area is 107 Å². The number of rotatable bonds is 4. The summed E-state index contributed by atoms with van der Waals surface area (Å²) >= 11 is 8.73. The van der Waals surface area contributed by atoms with Crippen LogP contribution in [0.3, 0.4) is 0 Å². The predicted octanol–water partition coefficient (Wildman–Crippen LogP) is 3.49. The van der Waals surface area contributed by atoms with Crippen molar-refractivity contribution < 1.29 is 4.74 Å². The number of benzene rings is 1. The summed E-state index contributed by atoms with van der Waals surface area (Å²) in [5.41, 5.74) is 0.681. The Morgan fingerprint density at radius 1 is 1.38 bits per heavy atom. The molecular formula is C10H9ClN2OS2. The zero-order valence-corrected chi connectivity index (χ0v) is 10.9. The Morgan fingerprint density at radius 2 is 2.12 bits per heavy atom. The molecule has 0 aliphatic heterocycles. The second-order valence-corrected chi connectivity index (χ2v) is 5.19. The summed E-state index contributed by atoms with van der Waals surface area (Å²) in [5.74, 6) is 0.807. The fourth-order valence-corrected chi connectivity index (χ4v) is 2.12. The van der Waals surface area contributed by atoms with Gasteiger partial charge < -0.3 is 4.74 Å². The van der Waals surface area contributed by atoms with E-state index in [1.165, 1.54) is 16.4 Å². The standard InChI is InChI=1S/C10H9ClN2OS2/c1-15-8-4-2-7(3-5-8)14-6-9-10(11)16-13-12-9/h2-5H,6H2,1H3. The van der Waals surface area contributed by atoms with Crippen LogP contribution >= 0.6 is 34.9 Å². The molecule has 0 radical (unpaired) electrons. The van der Waals surface area contributed by atoms with Crippen molar-refractivity contribution in [2.45, 2.75) is 11.5 Å². The number of nitrogens with zero attached hydrogens (tertiary/aromatic N) is 2. The molecule has 0 bridgehead atoms. The number of hydrogen-bond acceptors (Lipinski definition) is 5. The van der Waals surface area contributed by atoms with E-state index >= 15 is 0 Å². The Morgan fingerprint density at radius 3 is 2.69 bits per heavy atom. The zero-order chi connectivity index (χ0) is 11.4. The highest BCUT2D eigenvalue weighted by molar-refractivity contribution is 7.98. The van der Waals surface area contributed by atoms with Gasteiger partial charge in [0, 0.05) is 16.4 Å². The fraction of sp³-hybridized carbons (Fsp3) is 0.200. The molecule has 16 heavy (non-hydrogen) atoms. The Kier molecular flexibility index (Phi) is 4.04. The van der Waals surface area contributed by atoms with Gasteiger partial charge in [-0.15, -0.1) is 16.9 Å². The van der Waals surface area contributed by atoms with Gasteiger partial charge in [0.1, 0.15) is 22.4 Å². The van der Waals surface area contributed by atoms with E-state index in [1.54, 1.807) is 11.8 Å². The lowest BCUT2D eigenvalue weighted by molar-refractivity contribution is 0.301. The molecule has 0 saturated heterocycles. The second-order valence-electron chi connectivity index (χ2n) is 2.96. The smallest absolute Gasteiger partial charge is 0.141 e. The van der Waals surface area contributed by atoms with Crippen molar-refractivity contribution in [1.82, 2.24) is 9.59 Å². The van der Waals surface area contributed by atoms with Crippen molar-refractivity contribution in [2.24, 2.45) is 0 Å². The van der Waals surface area contributed by atoms with Gasteiger partial charge in [-0.3, -0.25) is 0 Å². The molecule has 0 unspecified atom stereocenters. The van der Waals surface area contributed by atoms with Crippen molar-refractivity contribution in [2.75, 3.05) is 6.26 Å². The normalized spacial score (nSPS) is 10.4. The predicted molar refractivity (Wildman–Crippen MR) is 67.5 cm³/mol. The van der Waals surface area contributed by atoms with Gasteiger partial charge in [-0.1, -0.05) is 16.1 Å².